The highest BCUT2D eigenvalue weighted by Crippen LogP contribution is 2.25. The molecule has 0 aliphatic carbocycles. The Morgan fingerprint density at radius 2 is 2.26 bits per heavy atom. The van der Waals surface area contributed by atoms with E-state index >= 15 is 0 Å². The number of aryl methyl sites for hydroxylation is 1. The van der Waals surface area contributed by atoms with Gasteiger partial charge in [-0.3, -0.25) is 4.68 Å². The molecule has 27 heavy (non-hydrogen) atoms. The van der Waals surface area contributed by atoms with Gasteiger partial charge in [-0.05, 0) is 37.5 Å². The molecule has 0 saturated carbocycles. The van der Waals surface area contributed by atoms with Gasteiger partial charge in [0, 0.05) is 31.8 Å². The van der Waals surface area contributed by atoms with Crippen LogP contribution in [0, 0.1) is 0 Å². The standard InChI is InChI=1S/C20H26N4O3/c1-26-17-6-2-5-15(11-17)19-12-16-14-23(8-4-9-24(16)22-19)20(25)21-13-18-7-3-10-27-18/h2,5-6,11-12,18H,3-4,7-10,13-14H2,1H3,(H,21,25)/t18-/m0/s1. The van der Waals surface area contributed by atoms with Crippen molar-refractivity contribution in [2.24, 2.45) is 0 Å². The molecule has 2 amide bonds. The van der Waals surface area contributed by atoms with Crippen molar-refractivity contribution in [1.82, 2.24) is 20.0 Å². The molecule has 2 aromatic rings. The second-order valence-electron chi connectivity index (χ2n) is 7.07. The highest BCUT2D eigenvalue weighted by atomic mass is 16.5. The molecule has 1 atom stereocenters. The Morgan fingerprint density at radius 1 is 1.33 bits per heavy atom. The highest BCUT2D eigenvalue weighted by Gasteiger charge is 2.23. The molecule has 4 rings (SSSR count). The topological polar surface area (TPSA) is 68.6 Å². The average Bonchev–Trinajstić information content (AvgIpc) is 3.32. The predicted molar refractivity (Wildman–Crippen MR) is 102 cm³/mol. The molecule has 1 saturated heterocycles. The van der Waals surface area contributed by atoms with E-state index < -0.39 is 0 Å². The van der Waals surface area contributed by atoms with Crippen molar-refractivity contribution in [3.63, 3.8) is 0 Å². The number of hydrogen-bond donors (Lipinski definition) is 1. The fourth-order valence-corrected chi connectivity index (χ4v) is 3.68. The van der Waals surface area contributed by atoms with Crippen molar-refractivity contribution in [3.8, 4) is 17.0 Å². The fraction of sp³-hybridized carbons (Fsp3) is 0.500. The van der Waals surface area contributed by atoms with Gasteiger partial charge >= 0.3 is 6.03 Å². The first-order valence-electron chi connectivity index (χ1n) is 9.58. The van der Waals surface area contributed by atoms with Crippen LogP contribution < -0.4 is 10.1 Å². The van der Waals surface area contributed by atoms with Gasteiger partial charge in [-0.2, -0.15) is 5.10 Å². The summed E-state index contributed by atoms with van der Waals surface area (Å²) in [5.74, 6) is 0.811. The minimum absolute atomic E-state index is 0.0249. The highest BCUT2D eigenvalue weighted by molar-refractivity contribution is 5.74. The Labute approximate surface area is 159 Å². The van der Waals surface area contributed by atoms with Crippen molar-refractivity contribution in [2.75, 3.05) is 26.8 Å². The van der Waals surface area contributed by atoms with Crippen molar-refractivity contribution in [3.05, 3.63) is 36.0 Å². The third-order valence-electron chi connectivity index (χ3n) is 5.17. The number of nitrogens with one attached hydrogen (secondary N) is 1. The molecule has 3 heterocycles. The molecule has 1 fully saturated rings. The molecule has 1 aromatic heterocycles. The van der Waals surface area contributed by atoms with E-state index in [2.05, 4.69) is 11.4 Å². The van der Waals surface area contributed by atoms with Gasteiger partial charge in [0.15, 0.2) is 0 Å². The molecule has 0 unspecified atom stereocenters. The quantitative estimate of drug-likeness (QED) is 0.898. The summed E-state index contributed by atoms with van der Waals surface area (Å²) in [4.78, 5) is 14.5. The zero-order chi connectivity index (χ0) is 18.6. The van der Waals surface area contributed by atoms with Crippen LogP contribution in [-0.2, 0) is 17.8 Å². The smallest absolute Gasteiger partial charge is 0.317 e. The summed E-state index contributed by atoms with van der Waals surface area (Å²) >= 11 is 0. The lowest BCUT2D eigenvalue weighted by molar-refractivity contribution is 0.108. The Hall–Kier alpha value is -2.54. The number of amides is 2. The maximum absolute atomic E-state index is 12.6. The van der Waals surface area contributed by atoms with E-state index in [0.29, 0.717) is 13.1 Å². The monoisotopic (exact) mass is 370 g/mol. The van der Waals surface area contributed by atoms with E-state index in [9.17, 15) is 4.79 Å². The molecule has 0 bridgehead atoms. The van der Waals surface area contributed by atoms with Crippen molar-refractivity contribution >= 4 is 6.03 Å². The Kier molecular flexibility index (Phi) is 5.29. The lowest BCUT2D eigenvalue weighted by atomic mass is 10.1. The van der Waals surface area contributed by atoms with E-state index in [-0.39, 0.29) is 12.1 Å². The number of urea groups is 1. The first-order chi connectivity index (χ1) is 13.2. The predicted octanol–water partition coefficient (Wildman–Crippen LogP) is 2.65. The maximum atomic E-state index is 12.6. The van der Waals surface area contributed by atoms with Gasteiger partial charge in [0.05, 0.1) is 31.1 Å². The molecule has 2 aliphatic heterocycles. The van der Waals surface area contributed by atoms with Gasteiger partial charge in [0.25, 0.3) is 0 Å². The summed E-state index contributed by atoms with van der Waals surface area (Å²) in [5, 5.41) is 7.76. The van der Waals surface area contributed by atoms with Gasteiger partial charge in [-0.25, -0.2) is 4.79 Å². The third-order valence-corrected chi connectivity index (χ3v) is 5.17. The Bertz CT molecular complexity index is 798. The Morgan fingerprint density at radius 3 is 3.07 bits per heavy atom. The summed E-state index contributed by atoms with van der Waals surface area (Å²) in [6, 6.07) is 9.93. The van der Waals surface area contributed by atoms with E-state index in [0.717, 1.165) is 61.7 Å². The molecule has 1 N–H and O–H groups in total. The number of ether oxygens (including phenoxy) is 2. The number of hydrogen-bond acceptors (Lipinski definition) is 4. The number of nitrogens with zero attached hydrogens (tertiary/aromatic N) is 3. The number of carbonyl (C=O) groups is 1. The molecule has 7 nitrogen and oxygen atoms in total. The molecular formula is C20H26N4O3. The third kappa shape index (κ3) is 4.08. The van der Waals surface area contributed by atoms with Crippen LogP contribution in [-0.4, -0.2) is 53.6 Å². The van der Waals surface area contributed by atoms with E-state index in [1.54, 1.807) is 7.11 Å². The van der Waals surface area contributed by atoms with Gasteiger partial charge < -0.3 is 19.7 Å². The van der Waals surface area contributed by atoms with Gasteiger partial charge in [0.2, 0.25) is 0 Å². The van der Waals surface area contributed by atoms with Crippen LogP contribution in [0.25, 0.3) is 11.3 Å². The maximum Gasteiger partial charge on any atom is 0.317 e. The zero-order valence-corrected chi connectivity index (χ0v) is 15.7. The minimum Gasteiger partial charge on any atom is -0.497 e. The van der Waals surface area contributed by atoms with E-state index in [4.69, 9.17) is 14.6 Å². The zero-order valence-electron chi connectivity index (χ0n) is 15.7. The van der Waals surface area contributed by atoms with Crippen LogP contribution in [0.4, 0.5) is 4.79 Å². The molecule has 7 heteroatoms. The lowest BCUT2D eigenvalue weighted by Crippen LogP contribution is -2.42. The molecule has 0 radical (unpaired) electrons. The number of methoxy groups -OCH3 is 1. The van der Waals surface area contributed by atoms with Crippen LogP contribution in [0.1, 0.15) is 25.0 Å². The van der Waals surface area contributed by atoms with Crippen LogP contribution in [0.3, 0.4) is 0 Å². The lowest BCUT2D eigenvalue weighted by Gasteiger charge is -2.21. The van der Waals surface area contributed by atoms with E-state index in [1.165, 1.54) is 0 Å². The first-order valence-corrected chi connectivity index (χ1v) is 9.58. The second-order valence-corrected chi connectivity index (χ2v) is 7.07. The summed E-state index contributed by atoms with van der Waals surface area (Å²) in [7, 11) is 1.66. The van der Waals surface area contributed by atoms with Gasteiger partial charge in [-0.15, -0.1) is 0 Å². The molecular weight excluding hydrogens is 344 g/mol. The first kappa shape index (κ1) is 17.9. The fourth-order valence-electron chi connectivity index (χ4n) is 3.68. The van der Waals surface area contributed by atoms with Gasteiger partial charge in [0.1, 0.15) is 5.75 Å². The molecule has 2 aliphatic rings. The van der Waals surface area contributed by atoms with Crippen LogP contribution >= 0.6 is 0 Å². The average molecular weight is 370 g/mol. The number of rotatable bonds is 4. The van der Waals surface area contributed by atoms with Crippen molar-refractivity contribution in [2.45, 2.75) is 38.5 Å². The molecule has 144 valence electrons. The van der Waals surface area contributed by atoms with Crippen LogP contribution in [0.15, 0.2) is 30.3 Å². The molecule has 1 aromatic carbocycles. The van der Waals surface area contributed by atoms with Gasteiger partial charge in [-0.1, -0.05) is 12.1 Å². The summed E-state index contributed by atoms with van der Waals surface area (Å²) < 4.78 is 12.9. The van der Waals surface area contributed by atoms with Crippen molar-refractivity contribution in [1.29, 1.82) is 0 Å². The van der Waals surface area contributed by atoms with Crippen molar-refractivity contribution < 1.29 is 14.3 Å². The molecule has 0 spiro atoms. The second kappa shape index (κ2) is 8.00. The largest absolute Gasteiger partial charge is 0.497 e. The van der Waals surface area contributed by atoms with E-state index in [1.807, 2.05) is 33.8 Å². The number of fused-ring (bicyclic) bond motifs is 1. The normalized spacial score (nSPS) is 19.4. The Balaban J connectivity index is 1.45. The summed E-state index contributed by atoms with van der Waals surface area (Å²) in [6.45, 7) is 3.50. The SMILES string of the molecule is COc1cccc(-c2cc3n(n2)CCCN(C(=O)NC[C@@H]2CCCO2)C3)c1. The summed E-state index contributed by atoms with van der Waals surface area (Å²) in [6.07, 6.45) is 3.15. The number of benzene rings is 1. The minimum atomic E-state index is -0.0249. The van der Waals surface area contributed by atoms with Crippen LogP contribution in [0.5, 0.6) is 5.75 Å². The number of aromatic nitrogens is 2. The van der Waals surface area contributed by atoms with Crippen LogP contribution in [0.2, 0.25) is 0 Å². The number of carbonyl (C=O) groups excluding carboxylic acids is 1. The summed E-state index contributed by atoms with van der Waals surface area (Å²) in [5.41, 5.74) is 2.98.